The van der Waals surface area contributed by atoms with Crippen LogP contribution in [0.5, 0.6) is 11.5 Å². The second-order valence-electron chi connectivity index (χ2n) is 5.72. The molecule has 1 heterocycles. The van der Waals surface area contributed by atoms with Gasteiger partial charge in [0.25, 0.3) is 0 Å². The van der Waals surface area contributed by atoms with E-state index >= 15 is 0 Å². The van der Waals surface area contributed by atoms with Crippen LogP contribution in [0.4, 0.5) is 0 Å². The largest absolute Gasteiger partial charge is 0.497 e. The van der Waals surface area contributed by atoms with Crippen molar-refractivity contribution in [2.45, 2.75) is 18.4 Å². The first-order valence-electron chi connectivity index (χ1n) is 8.23. The molecule has 2 rings (SSSR count). The summed E-state index contributed by atoms with van der Waals surface area (Å²) in [7, 11) is -0.929. The van der Waals surface area contributed by atoms with Crippen molar-refractivity contribution in [3.8, 4) is 11.5 Å². The molecule has 9 heteroatoms. The van der Waals surface area contributed by atoms with Gasteiger partial charge < -0.3 is 14.4 Å². The van der Waals surface area contributed by atoms with E-state index in [-0.39, 0.29) is 29.6 Å². The van der Waals surface area contributed by atoms with Gasteiger partial charge in [-0.1, -0.05) is 6.07 Å². The molecule has 0 atom stereocenters. The Kier molecular flexibility index (Phi) is 7.14. The average Bonchev–Trinajstić information content (AvgIpc) is 2.67. The first kappa shape index (κ1) is 20.7. The van der Waals surface area contributed by atoms with E-state index in [1.165, 1.54) is 33.3 Å². The molecule has 0 unspecified atom stereocenters. The molecule has 146 valence electrons. The number of hydrogen-bond acceptors (Lipinski definition) is 6. The Bertz CT molecular complexity index is 872. The lowest BCUT2D eigenvalue weighted by Gasteiger charge is -2.21. The number of nitrogens with zero attached hydrogens (tertiary/aromatic N) is 2. The molecule has 0 saturated heterocycles. The molecule has 8 nitrogen and oxygen atoms in total. The number of sulfonamides is 1. The molecule has 1 N–H and O–H groups in total. The summed E-state index contributed by atoms with van der Waals surface area (Å²) in [6, 6.07) is 8.10. The highest BCUT2D eigenvalue weighted by atomic mass is 32.2. The molecule has 0 spiro atoms. The van der Waals surface area contributed by atoms with E-state index in [2.05, 4.69) is 9.71 Å². The number of carbonyl (C=O) groups excluding carboxylic acids is 1. The lowest BCUT2D eigenvalue weighted by atomic mass is 10.2. The minimum atomic E-state index is -3.80. The van der Waals surface area contributed by atoms with Crippen molar-refractivity contribution in [3.05, 3.63) is 48.3 Å². The summed E-state index contributed by atoms with van der Waals surface area (Å²) in [4.78, 5) is 17.4. The third-order valence-electron chi connectivity index (χ3n) is 3.88. The molecule has 1 amide bonds. The van der Waals surface area contributed by atoms with Gasteiger partial charge in [0.1, 0.15) is 16.4 Å². The van der Waals surface area contributed by atoms with Crippen molar-refractivity contribution in [1.82, 2.24) is 14.6 Å². The highest BCUT2D eigenvalue weighted by molar-refractivity contribution is 7.89. The summed E-state index contributed by atoms with van der Waals surface area (Å²) < 4.78 is 37.9. The number of aromatic nitrogens is 1. The van der Waals surface area contributed by atoms with E-state index in [4.69, 9.17) is 9.47 Å². The van der Waals surface area contributed by atoms with E-state index in [0.29, 0.717) is 12.3 Å². The van der Waals surface area contributed by atoms with Crippen molar-refractivity contribution in [1.29, 1.82) is 0 Å². The van der Waals surface area contributed by atoms with Crippen LogP contribution >= 0.6 is 0 Å². The lowest BCUT2D eigenvalue weighted by Crippen LogP contribution is -2.37. The minimum Gasteiger partial charge on any atom is -0.497 e. The number of benzene rings is 1. The second-order valence-corrected chi connectivity index (χ2v) is 7.45. The Balaban J connectivity index is 2.04. The van der Waals surface area contributed by atoms with Gasteiger partial charge in [-0.25, -0.2) is 13.1 Å². The molecule has 0 aliphatic heterocycles. The van der Waals surface area contributed by atoms with Gasteiger partial charge in [0.05, 0.1) is 14.2 Å². The number of methoxy groups -OCH3 is 2. The topological polar surface area (TPSA) is 97.8 Å². The van der Waals surface area contributed by atoms with Crippen LogP contribution in [0.25, 0.3) is 0 Å². The number of pyridine rings is 1. The average molecular weight is 393 g/mol. The summed E-state index contributed by atoms with van der Waals surface area (Å²) >= 11 is 0. The Hall–Kier alpha value is -2.65. The van der Waals surface area contributed by atoms with Gasteiger partial charge in [-0.3, -0.25) is 9.78 Å². The lowest BCUT2D eigenvalue weighted by molar-refractivity contribution is -0.129. The standard InChI is InChI=1S/C18H23N3O5S/c1-14(22)21(13-15-5-4-8-19-12-15)10-9-20-27(23,24)18-7-6-16(25-2)11-17(18)26-3/h4-8,11-12,20H,9-10,13H2,1-3H3. The first-order chi connectivity index (χ1) is 12.9. The number of carbonyl (C=O) groups is 1. The van der Waals surface area contributed by atoms with E-state index in [1.807, 2.05) is 6.07 Å². The molecule has 0 fully saturated rings. The Morgan fingerprint density at radius 3 is 2.59 bits per heavy atom. The normalized spacial score (nSPS) is 11.1. The highest BCUT2D eigenvalue weighted by Gasteiger charge is 2.20. The second kappa shape index (κ2) is 9.33. The molecule has 27 heavy (non-hydrogen) atoms. The van der Waals surface area contributed by atoms with Gasteiger partial charge in [0.15, 0.2) is 0 Å². The summed E-state index contributed by atoms with van der Waals surface area (Å²) in [6.07, 6.45) is 3.32. The zero-order valence-corrected chi connectivity index (χ0v) is 16.3. The summed E-state index contributed by atoms with van der Waals surface area (Å²) in [6.45, 7) is 2.09. The monoisotopic (exact) mass is 393 g/mol. The molecule has 1 aromatic heterocycles. The van der Waals surface area contributed by atoms with Gasteiger partial charge in [-0.15, -0.1) is 0 Å². The number of ether oxygens (including phenoxy) is 2. The van der Waals surface area contributed by atoms with Crippen LogP contribution in [0.15, 0.2) is 47.6 Å². The van der Waals surface area contributed by atoms with Gasteiger partial charge in [0.2, 0.25) is 15.9 Å². The van der Waals surface area contributed by atoms with Crippen molar-refractivity contribution >= 4 is 15.9 Å². The van der Waals surface area contributed by atoms with E-state index in [1.54, 1.807) is 29.4 Å². The molecule has 0 bridgehead atoms. The zero-order chi connectivity index (χ0) is 19.9. The predicted octanol–water partition coefficient (Wildman–Crippen LogP) is 1.43. The molecule has 2 aromatic rings. The third-order valence-corrected chi connectivity index (χ3v) is 5.38. The SMILES string of the molecule is COc1ccc(S(=O)(=O)NCCN(Cc2cccnc2)C(C)=O)c(OC)c1. The fraction of sp³-hybridized carbons (Fsp3) is 0.333. The van der Waals surface area contributed by atoms with Crippen molar-refractivity contribution < 1.29 is 22.7 Å². The van der Waals surface area contributed by atoms with Crippen LogP contribution in [-0.4, -0.2) is 51.5 Å². The van der Waals surface area contributed by atoms with Gasteiger partial charge in [0, 0.05) is 45.0 Å². The summed E-state index contributed by atoms with van der Waals surface area (Å²) in [5.74, 6) is 0.519. The number of rotatable bonds is 9. The summed E-state index contributed by atoms with van der Waals surface area (Å²) in [5, 5.41) is 0. The van der Waals surface area contributed by atoms with Crippen LogP contribution in [0, 0.1) is 0 Å². The first-order valence-corrected chi connectivity index (χ1v) is 9.72. The molecule has 0 radical (unpaired) electrons. The maximum absolute atomic E-state index is 12.6. The maximum atomic E-state index is 12.6. The number of hydrogen-bond donors (Lipinski definition) is 1. The molecule has 0 aliphatic carbocycles. The van der Waals surface area contributed by atoms with Crippen molar-refractivity contribution in [3.63, 3.8) is 0 Å². The third kappa shape index (κ3) is 5.66. The fourth-order valence-electron chi connectivity index (χ4n) is 2.45. The van der Waals surface area contributed by atoms with E-state index in [0.717, 1.165) is 5.56 Å². The quantitative estimate of drug-likeness (QED) is 0.692. The zero-order valence-electron chi connectivity index (χ0n) is 15.5. The van der Waals surface area contributed by atoms with Crippen LogP contribution in [-0.2, 0) is 21.4 Å². The molecular formula is C18H23N3O5S. The molecular weight excluding hydrogens is 370 g/mol. The van der Waals surface area contributed by atoms with Crippen LogP contribution in [0.2, 0.25) is 0 Å². The Labute approximate surface area is 159 Å². The van der Waals surface area contributed by atoms with Crippen molar-refractivity contribution in [2.75, 3.05) is 27.3 Å². The van der Waals surface area contributed by atoms with Crippen LogP contribution in [0.1, 0.15) is 12.5 Å². The molecule has 0 aliphatic rings. The minimum absolute atomic E-state index is 0.00688. The fourth-order valence-corrected chi connectivity index (χ4v) is 3.62. The summed E-state index contributed by atoms with van der Waals surface area (Å²) in [5.41, 5.74) is 0.868. The Morgan fingerprint density at radius 1 is 1.22 bits per heavy atom. The van der Waals surface area contributed by atoms with Gasteiger partial charge >= 0.3 is 0 Å². The van der Waals surface area contributed by atoms with E-state index in [9.17, 15) is 13.2 Å². The highest BCUT2D eigenvalue weighted by Crippen LogP contribution is 2.28. The maximum Gasteiger partial charge on any atom is 0.244 e. The number of amides is 1. The number of nitrogens with one attached hydrogen (secondary N) is 1. The molecule has 1 aromatic carbocycles. The van der Waals surface area contributed by atoms with Crippen LogP contribution < -0.4 is 14.2 Å². The van der Waals surface area contributed by atoms with Crippen LogP contribution in [0.3, 0.4) is 0 Å². The smallest absolute Gasteiger partial charge is 0.244 e. The van der Waals surface area contributed by atoms with E-state index < -0.39 is 10.0 Å². The Morgan fingerprint density at radius 2 is 2.00 bits per heavy atom. The van der Waals surface area contributed by atoms with Gasteiger partial charge in [-0.05, 0) is 23.8 Å². The van der Waals surface area contributed by atoms with Gasteiger partial charge in [-0.2, -0.15) is 0 Å². The predicted molar refractivity (Wildman–Crippen MR) is 100 cm³/mol. The van der Waals surface area contributed by atoms with Crippen molar-refractivity contribution in [2.24, 2.45) is 0 Å². The molecule has 0 saturated carbocycles.